The number of para-hydroxylation sites is 1. The van der Waals surface area contributed by atoms with Crippen LogP contribution in [0.4, 0.5) is 5.95 Å². The van der Waals surface area contributed by atoms with Crippen LogP contribution in [0.1, 0.15) is 21.9 Å². The molecule has 128 valence electrons. The van der Waals surface area contributed by atoms with E-state index in [4.69, 9.17) is 4.74 Å². The Balaban J connectivity index is 1.78. The van der Waals surface area contributed by atoms with Gasteiger partial charge in [-0.1, -0.05) is 18.2 Å². The zero-order chi connectivity index (χ0) is 17.8. The predicted octanol–water partition coefficient (Wildman–Crippen LogP) is 2.04. The first-order valence-corrected chi connectivity index (χ1v) is 7.64. The van der Waals surface area contributed by atoms with Crippen molar-refractivity contribution in [2.24, 2.45) is 0 Å². The molecule has 3 aromatic rings. The van der Waals surface area contributed by atoms with Crippen LogP contribution in [0.2, 0.25) is 0 Å². The fraction of sp³-hybridized carbons (Fsp3) is 0.176. The molecule has 0 saturated heterocycles. The number of methoxy groups -OCH3 is 1. The lowest BCUT2D eigenvalue weighted by molar-refractivity contribution is 0.0954. The van der Waals surface area contributed by atoms with Crippen molar-refractivity contribution in [3.8, 4) is 11.4 Å². The topological polar surface area (TPSA) is 94.0 Å². The summed E-state index contributed by atoms with van der Waals surface area (Å²) in [5.74, 6) is 0.228. The molecular weight excluding hydrogens is 320 g/mol. The van der Waals surface area contributed by atoms with Crippen LogP contribution >= 0.6 is 0 Å². The second-order valence-electron chi connectivity index (χ2n) is 5.38. The fourth-order valence-corrected chi connectivity index (χ4v) is 2.33. The molecule has 8 heteroatoms. The Hall–Kier alpha value is -3.42. The van der Waals surface area contributed by atoms with Gasteiger partial charge in [0, 0.05) is 11.4 Å². The van der Waals surface area contributed by atoms with Crippen molar-refractivity contribution >= 4 is 11.9 Å². The number of carbonyl (C=O) groups excluding carboxylic acids is 1. The van der Waals surface area contributed by atoms with E-state index in [2.05, 4.69) is 25.9 Å². The number of aromatic nitrogens is 4. The Morgan fingerprint density at radius 1 is 1.12 bits per heavy atom. The molecule has 1 amide bonds. The fourth-order valence-electron chi connectivity index (χ4n) is 2.33. The number of amides is 1. The summed E-state index contributed by atoms with van der Waals surface area (Å²) in [7, 11) is 1.49. The summed E-state index contributed by atoms with van der Waals surface area (Å²) in [5, 5.41) is 4.30. The summed E-state index contributed by atoms with van der Waals surface area (Å²) in [5.41, 5.74) is 7.82. The van der Waals surface area contributed by atoms with Crippen LogP contribution in [0.25, 0.3) is 5.69 Å². The summed E-state index contributed by atoms with van der Waals surface area (Å²) in [6.07, 6.45) is 1.65. The molecule has 1 aromatic carbocycles. The van der Waals surface area contributed by atoms with Gasteiger partial charge in [0.15, 0.2) is 11.4 Å². The maximum atomic E-state index is 12.4. The van der Waals surface area contributed by atoms with E-state index in [0.29, 0.717) is 11.7 Å². The van der Waals surface area contributed by atoms with Gasteiger partial charge in [-0.2, -0.15) is 5.10 Å². The second kappa shape index (κ2) is 7.00. The average molecular weight is 338 g/mol. The van der Waals surface area contributed by atoms with Crippen molar-refractivity contribution in [3.63, 3.8) is 0 Å². The van der Waals surface area contributed by atoms with Gasteiger partial charge >= 0.3 is 0 Å². The zero-order valence-electron chi connectivity index (χ0n) is 14.1. The molecule has 0 saturated carbocycles. The van der Waals surface area contributed by atoms with E-state index in [0.717, 1.165) is 17.1 Å². The van der Waals surface area contributed by atoms with E-state index >= 15 is 0 Å². The van der Waals surface area contributed by atoms with Crippen LogP contribution < -0.4 is 15.6 Å². The highest BCUT2D eigenvalue weighted by atomic mass is 16.5. The molecule has 0 fully saturated rings. The first-order chi connectivity index (χ1) is 12.1. The number of hydrogen-bond donors (Lipinski definition) is 2. The Bertz CT molecular complexity index is 871. The van der Waals surface area contributed by atoms with Crippen molar-refractivity contribution in [3.05, 3.63) is 59.7 Å². The standard InChI is InChI=1S/C17H18N6O2/c1-11-9-12(2)19-17(18-11)21-20-16(24)15-14(25-3)10-23(22-15)13-7-5-4-6-8-13/h4-10H,1-3H3,(H,20,24)(H,18,19,21). The highest BCUT2D eigenvalue weighted by Gasteiger charge is 2.18. The number of hydrazine groups is 1. The molecule has 2 heterocycles. The van der Waals surface area contributed by atoms with Crippen LogP contribution in [-0.2, 0) is 0 Å². The Morgan fingerprint density at radius 3 is 2.44 bits per heavy atom. The van der Waals surface area contributed by atoms with Crippen LogP contribution in [0.15, 0.2) is 42.6 Å². The number of benzene rings is 1. The second-order valence-corrected chi connectivity index (χ2v) is 5.38. The molecule has 2 aromatic heterocycles. The SMILES string of the molecule is COc1cn(-c2ccccc2)nc1C(=O)NNc1nc(C)cc(C)n1. The van der Waals surface area contributed by atoms with Gasteiger partial charge in [-0.3, -0.25) is 15.6 Å². The van der Waals surface area contributed by atoms with Gasteiger partial charge in [-0.05, 0) is 32.0 Å². The third kappa shape index (κ3) is 3.74. The van der Waals surface area contributed by atoms with E-state index in [9.17, 15) is 4.79 Å². The van der Waals surface area contributed by atoms with E-state index in [1.807, 2.05) is 50.2 Å². The van der Waals surface area contributed by atoms with E-state index in [1.54, 1.807) is 10.9 Å². The number of nitrogens with one attached hydrogen (secondary N) is 2. The molecule has 0 atom stereocenters. The van der Waals surface area contributed by atoms with Crippen LogP contribution in [-0.4, -0.2) is 32.8 Å². The van der Waals surface area contributed by atoms with Crippen molar-refractivity contribution in [1.29, 1.82) is 0 Å². The number of hydrogen-bond acceptors (Lipinski definition) is 6. The molecule has 2 N–H and O–H groups in total. The van der Waals surface area contributed by atoms with Crippen LogP contribution in [0.5, 0.6) is 5.75 Å². The summed E-state index contributed by atoms with van der Waals surface area (Å²) in [6, 6.07) is 11.3. The Kier molecular flexibility index (Phi) is 4.60. The van der Waals surface area contributed by atoms with Crippen molar-refractivity contribution in [1.82, 2.24) is 25.2 Å². The van der Waals surface area contributed by atoms with Gasteiger partial charge in [0.2, 0.25) is 5.95 Å². The molecule has 0 unspecified atom stereocenters. The summed E-state index contributed by atoms with van der Waals surface area (Å²) < 4.78 is 6.84. The highest BCUT2D eigenvalue weighted by molar-refractivity contribution is 5.95. The van der Waals surface area contributed by atoms with Crippen LogP contribution in [0, 0.1) is 13.8 Å². The van der Waals surface area contributed by atoms with Gasteiger partial charge in [0.25, 0.3) is 5.91 Å². The van der Waals surface area contributed by atoms with Gasteiger partial charge in [0.1, 0.15) is 0 Å². The smallest absolute Gasteiger partial charge is 0.294 e. The van der Waals surface area contributed by atoms with Gasteiger partial charge in [0.05, 0.1) is 19.0 Å². The van der Waals surface area contributed by atoms with Crippen molar-refractivity contribution in [2.45, 2.75) is 13.8 Å². The lowest BCUT2D eigenvalue weighted by atomic mass is 10.3. The van der Waals surface area contributed by atoms with Gasteiger partial charge < -0.3 is 4.74 Å². The Morgan fingerprint density at radius 2 is 1.80 bits per heavy atom. The number of aryl methyl sites for hydroxylation is 2. The minimum atomic E-state index is -0.450. The molecule has 0 aliphatic carbocycles. The van der Waals surface area contributed by atoms with E-state index < -0.39 is 5.91 Å². The first-order valence-electron chi connectivity index (χ1n) is 7.64. The first kappa shape index (κ1) is 16.4. The highest BCUT2D eigenvalue weighted by Crippen LogP contribution is 2.19. The molecule has 25 heavy (non-hydrogen) atoms. The van der Waals surface area contributed by atoms with Crippen molar-refractivity contribution < 1.29 is 9.53 Å². The maximum Gasteiger partial charge on any atom is 0.294 e. The monoisotopic (exact) mass is 338 g/mol. The molecular formula is C17H18N6O2. The number of nitrogens with zero attached hydrogens (tertiary/aromatic N) is 4. The van der Waals surface area contributed by atoms with Crippen molar-refractivity contribution in [2.75, 3.05) is 12.5 Å². The average Bonchev–Trinajstić information content (AvgIpc) is 3.04. The van der Waals surface area contributed by atoms with Gasteiger partial charge in [-0.15, -0.1) is 0 Å². The zero-order valence-corrected chi connectivity index (χ0v) is 14.1. The number of rotatable bonds is 5. The molecule has 0 spiro atoms. The van der Waals surface area contributed by atoms with Gasteiger partial charge in [-0.25, -0.2) is 14.6 Å². The lowest BCUT2D eigenvalue weighted by Gasteiger charge is -2.07. The quantitative estimate of drug-likeness (QED) is 0.692. The summed E-state index contributed by atoms with van der Waals surface area (Å²) in [6.45, 7) is 3.71. The number of ether oxygens (including phenoxy) is 1. The molecule has 3 rings (SSSR count). The molecule has 0 aliphatic heterocycles. The van der Waals surface area contributed by atoms with E-state index in [1.165, 1.54) is 7.11 Å². The molecule has 8 nitrogen and oxygen atoms in total. The predicted molar refractivity (Wildman–Crippen MR) is 92.7 cm³/mol. The number of anilines is 1. The van der Waals surface area contributed by atoms with Crippen LogP contribution in [0.3, 0.4) is 0 Å². The third-order valence-corrected chi connectivity index (χ3v) is 3.41. The molecule has 0 bridgehead atoms. The Labute approximate surface area is 144 Å². The minimum Gasteiger partial charge on any atom is -0.493 e. The largest absolute Gasteiger partial charge is 0.493 e. The lowest BCUT2D eigenvalue weighted by Crippen LogP contribution is -2.31. The minimum absolute atomic E-state index is 0.156. The molecule has 0 radical (unpaired) electrons. The normalized spacial score (nSPS) is 10.4. The summed E-state index contributed by atoms with van der Waals surface area (Å²) >= 11 is 0. The summed E-state index contributed by atoms with van der Waals surface area (Å²) in [4.78, 5) is 20.8. The van der Waals surface area contributed by atoms with E-state index in [-0.39, 0.29) is 5.69 Å². The number of carbonyl (C=O) groups is 1. The third-order valence-electron chi connectivity index (χ3n) is 3.41. The molecule has 0 aliphatic rings. The maximum absolute atomic E-state index is 12.4.